The van der Waals surface area contributed by atoms with Crippen molar-refractivity contribution < 1.29 is 9.53 Å². The Bertz CT molecular complexity index is 1030. The lowest BCUT2D eigenvalue weighted by Crippen LogP contribution is -2.16. The van der Waals surface area contributed by atoms with Gasteiger partial charge in [-0.2, -0.15) is 0 Å². The molecule has 1 atom stereocenters. The molecule has 6 nitrogen and oxygen atoms in total. The van der Waals surface area contributed by atoms with Crippen LogP contribution >= 0.6 is 11.8 Å². The van der Waals surface area contributed by atoms with Crippen molar-refractivity contribution in [2.24, 2.45) is 0 Å². The number of aromatic nitrogens is 3. The number of carbonyl (C=O) groups excluding carboxylic acids is 1. The molecule has 1 unspecified atom stereocenters. The van der Waals surface area contributed by atoms with E-state index in [0.717, 1.165) is 34.0 Å². The van der Waals surface area contributed by atoms with Gasteiger partial charge in [0.15, 0.2) is 17.1 Å². The number of benzene rings is 2. The van der Waals surface area contributed by atoms with E-state index < -0.39 is 0 Å². The molecule has 2 aromatic carbocycles. The smallest absolute Gasteiger partial charge is 0.234 e. The predicted molar refractivity (Wildman–Crippen MR) is 121 cm³/mol. The fourth-order valence-corrected chi connectivity index (χ4v) is 3.95. The Balaban J connectivity index is 1.65. The zero-order chi connectivity index (χ0) is 21.7. The first-order chi connectivity index (χ1) is 14.4. The van der Waals surface area contributed by atoms with Crippen LogP contribution in [0, 0.1) is 20.8 Å². The van der Waals surface area contributed by atoms with Crippen molar-refractivity contribution in [3.8, 4) is 5.75 Å². The molecule has 0 fully saturated rings. The Labute approximate surface area is 182 Å². The van der Waals surface area contributed by atoms with Crippen LogP contribution in [0.1, 0.15) is 42.5 Å². The quantitative estimate of drug-likeness (QED) is 0.510. The molecule has 1 heterocycles. The number of hydrogen-bond acceptors (Lipinski definition) is 5. The number of aryl methyl sites for hydroxylation is 3. The number of amides is 1. The molecule has 0 spiro atoms. The molecule has 3 rings (SSSR count). The van der Waals surface area contributed by atoms with E-state index >= 15 is 0 Å². The van der Waals surface area contributed by atoms with Crippen LogP contribution in [0.2, 0.25) is 0 Å². The van der Waals surface area contributed by atoms with Crippen molar-refractivity contribution in [1.29, 1.82) is 0 Å². The first-order valence-electron chi connectivity index (χ1n) is 10.0. The SMILES string of the molecule is CCn1c(SCC(=O)Nc2cc(C)ccc2C)nnc1C(C)Oc1cccc(C)c1. The minimum atomic E-state index is -0.252. The van der Waals surface area contributed by atoms with E-state index in [9.17, 15) is 4.79 Å². The molecular weight excluding hydrogens is 396 g/mol. The molecule has 0 bridgehead atoms. The van der Waals surface area contributed by atoms with Gasteiger partial charge in [-0.05, 0) is 69.5 Å². The van der Waals surface area contributed by atoms with E-state index in [0.29, 0.717) is 11.7 Å². The Hall–Kier alpha value is -2.80. The van der Waals surface area contributed by atoms with Gasteiger partial charge < -0.3 is 14.6 Å². The summed E-state index contributed by atoms with van der Waals surface area (Å²) in [5.41, 5.74) is 4.14. The zero-order valence-corrected chi connectivity index (χ0v) is 18.9. The fraction of sp³-hybridized carbons (Fsp3) is 0.348. The Morgan fingerprint density at radius 3 is 2.63 bits per heavy atom. The number of carbonyl (C=O) groups is 1. The number of anilines is 1. The van der Waals surface area contributed by atoms with Gasteiger partial charge in [-0.1, -0.05) is 36.0 Å². The summed E-state index contributed by atoms with van der Waals surface area (Å²) >= 11 is 1.38. The van der Waals surface area contributed by atoms with Gasteiger partial charge >= 0.3 is 0 Å². The van der Waals surface area contributed by atoms with Crippen molar-refractivity contribution in [2.75, 3.05) is 11.1 Å². The fourth-order valence-electron chi connectivity index (χ4n) is 3.14. The number of rotatable bonds is 8. The summed E-state index contributed by atoms with van der Waals surface area (Å²) in [6.45, 7) is 10.7. The summed E-state index contributed by atoms with van der Waals surface area (Å²) in [5.74, 6) is 1.75. The maximum atomic E-state index is 12.4. The van der Waals surface area contributed by atoms with Crippen LogP contribution in [0.4, 0.5) is 5.69 Å². The molecule has 1 N–H and O–H groups in total. The molecule has 0 aliphatic rings. The number of nitrogens with one attached hydrogen (secondary N) is 1. The third-order valence-electron chi connectivity index (χ3n) is 4.73. The molecule has 0 saturated carbocycles. The lowest BCUT2D eigenvalue weighted by atomic mass is 10.1. The first-order valence-corrected chi connectivity index (χ1v) is 11.0. The van der Waals surface area contributed by atoms with Crippen LogP contribution in [-0.4, -0.2) is 26.4 Å². The average molecular weight is 425 g/mol. The van der Waals surface area contributed by atoms with E-state index in [4.69, 9.17) is 4.74 Å². The van der Waals surface area contributed by atoms with Crippen LogP contribution in [0.15, 0.2) is 47.6 Å². The van der Waals surface area contributed by atoms with Gasteiger partial charge in [-0.15, -0.1) is 10.2 Å². The molecule has 1 amide bonds. The molecule has 158 valence electrons. The Morgan fingerprint density at radius 1 is 1.13 bits per heavy atom. The summed E-state index contributed by atoms with van der Waals surface area (Å²) in [6, 6.07) is 14.0. The molecule has 30 heavy (non-hydrogen) atoms. The van der Waals surface area contributed by atoms with Crippen molar-refractivity contribution in [2.45, 2.75) is 52.4 Å². The van der Waals surface area contributed by atoms with Crippen LogP contribution in [0.3, 0.4) is 0 Å². The number of hydrogen-bond donors (Lipinski definition) is 1. The lowest BCUT2D eigenvalue weighted by Gasteiger charge is -2.16. The molecule has 0 saturated heterocycles. The molecule has 3 aromatic rings. The van der Waals surface area contributed by atoms with Gasteiger partial charge in [-0.3, -0.25) is 4.79 Å². The monoisotopic (exact) mass is 424 g/mol. The third-order valence-corrected chi connectivity index (χ3v) is 5.69. The number of thioether (sulfide) groups is 1. The maximum absolute atomic E-state index is 12.4. The van der Waals surface area contributed by atoms with Crippen molar-refractivity contribution >= 4 is 23.4 Å². The highest BCUT2D eigenvalue weighted by Crippen LogP contribution is 2.25. The first kappa shape index (κ1) is 21.9. The lowest BCUT2D eigenvalue weighted by molar-refractivity contribution is -0.113. The topological polar surface area (TPSA) is 69.0 Å². The van der Waals surface area contributed by atoms with Crippen molar-refractivity contribution in [1.82, 2.24) is 14.8 Å². The van der Waals surface area contributed by atoms with E-state index in [1.807, 2.05) is 81.7 Å². The minimum absolute atomic E-state index is 0.0648. The summed E-state index contributed by atoms with van der Waals surface area (Å²) in [7, 11) is 0. The molecule has 0 radical (unpaired) electrons. The zero-order valence-electron chi connectivity index (χ0n) is 18.1. The highest BCUT2D eigenvalue weighted by molar-refractivity contribution is 7.99. The highest BCUT2D eigenvalue weighted by Gasteiger charge is 2.19. The predicted octanol–water partition coefficient (Wildman–Crippen LogP) is 5.09. The standard InChI is InChI=1S/C23H28N4O2S/c1-6-27-22(18(5)29-19-9-7-8-15(2)12-19)25-26-23(27)30-14-21(28)24-20-13-16(3)10-11-17(20)4/h7-13,18H,6,14H2,1-5H3,(H,24,28). The van der Waals surface area contributed by atoms with Crippen molar-refractivity contribution in [3.05, 3.63) is 65.0 Å². The second kappa shape index (κ2) is 9.80. The van der Waals surface area contributed by atoms with Gasteiger partial charge in [0, 0.05) is 12.2 Å². The van der Waals surface area contributed by atoms with Gasteiger partial charge in [0.25, 0.3) is 0 Å². The van der Waals surface area contributed by atoms with Gasteiger partial charge in [0.1, 0.15) is 5.75 Å². The Kier molecular flexibility index (Phi) is 7.15. The molecule has 7 heteroatoms. The van der Waals surface area contributed by atoms with Gasteiger partial charge in [0.05, 0.1) is 5.75 Å². The van der Waals surface area contributed by atoms with E-state index in [1.165, 1.54) is 11.8 Å². The van der Waals surface area contributed by atoms with Crippen LogP contribution in [0.25, 0.3) is 0 Å². The number of nitrogens with zero attached hydrogens (tertiary/aromatic N) is 3. The largest absolute Gasteiger partial charge is 0.483 e. The van der Waals surface area contributed by atoms with Gasteiger partial charge in [0.2, 0.25) is 5.91 Å². The van der Waals surface area contributed by atoms with E-state index in [1.54, 1.807) is 0 Å². The third kappa shape index (κ3) is 5.42. The van der Waals surface area contributed by atoms with Crippen LogP contribution in [0.5, 0.6) is 5.75 Å². The summed E-state index contributed by atoms with van der Waals surface area (Å²) in [6.07, 6.45) is -0.252. The molecular formula is C23H28N4O2S. The molecule has 1 aromatic heterocycles. The number of ether oxygens (including phenoxy) is 1. The van der Waals surface area contributed by atoms with Crippen molar-refractivity contribution in [3.63, 3.8) is 0 Å². The maximum Gasteiger partial charge on any atom is 0.234 e. The average Bonchev–Trinajstić information content (AvgIpc) is 3.12. The minimum Gasteiger partial charge on any atom is -0.483 e. The van der Waals surface area contributed by atoms with Gasteiger partial charge in [-0.25, -0.2) is 0 Å². The second-order valence-electron chi connectivity index (χ2n) is 7.32. The highest BCUT2D eigenvalue weighted by atomic mass is 32.2. The normalized spacial score (nSPS) is 11.9. The van der Waals surface area contributed by atoms with E-state index in [2.05, 4.69) is 15.5 Å². The summed E-state index contributed by atoms with van der Waals surface area (Å²) < 4.78 is 8.05. The second-order valence-corrected chi connectivity index (χ2v) is 8.26. The molecule has 0 aliphatic carbocycles. The summed E-state index contributed by atoms with van der Waals surface area (Å²) in [5, 5.41) is 12.3. The molecule has 0 aliphatic heterocycles. The van der Waals surface area contributed by atoms with Crippen LogP contribution in [-0.2, 0) is 11.3 Å². The van der Waals surface area contributed by atoms with Crippen LogP contribution < -0.4 is 10.1 Å². The summed E-state index contributed by atoms with van der Waals surface area (Å²) in [4.78, 5) is 12.4. The Morgan fingerprint density at radius 2 is 1.90 bits per heavy atom. The van der Waals surface area contributed by atoms with E-state index in [-0.39, 0.29) is 17.8 Å².